The Morgan fingerprint density at radius 3 is 2.89 bits per heavy atom. The van der Waals surface area contributed by atoms with Gasteiger partial charge in [-0.25, -0.2) is 0 Å². The van der Waals surface area contributed by atoms with Gasteiger partial charge in [-0.15, -0.1) is 0 Å². The summed E-state index contributed by atoms with van der Waals surface area (Å²) < 4.78 is 6.11. The van der Waals surface area contributed by atoms with E-state index in [-0.39, 0.29) is 0 Å². The number of benzene rings is 2. The molecule has 0 radical (unpaired) electrons. The van der Waals surface area contributed by atoms with E-state index in [0.29, 0.717) is 14.5 Å². The molecule has 2 aromatic rings. The zero-order valence-electron chi connectivity index (χ0n) is 10.5. The Morgan fingerprint density at radius 1 is 1.17 bits per heavy atom. The average molecular weight is 256 g/mol. The standard InChI is InChI=1S/C16H17OP/c1-12-10-11-13-6-2-5-9-15(13)16(12)17-18-14-7-3-4-8-14/h2-3,5-7,9-11,14,18H,4,8H2,1H3/t14-/m0/s1. The molecular formula is C16H17OP. The fourth-order valence-electron chi connectivity index (χ4n) is 2.35. The van der Waals surface area contributed by atoms with Gasteiger partial charge in [-0.3, -0.25) is 0 Å². The van der Waals surface area contributed by atoms with Crippen LogP contribution in [-0.2, 0) is 0 Å². The fourth-order valence-corrected chi connectivity index (χ4v) is 3.39. The lowest BCUT2D eigenvalue weighted by atomic mass is 10.1. The molecule has 92 valence electrons. The minimum Gasteiger partial charge on any atom is -0.476 e. The first kappa shape index (κ1) is 11.7. The van der Waals surface area contributed by atoms with Crippen LogP contribution in [0.1, 0.15) is 18.4 Å². The minimum absolute atomic E-state index is 0.536. The summed E-state index contributed by atoms with van der Waals surface area (Å²) in [6.07, 6.45) is 6.99. The zero-order chi connectivity index (χ0) is 12.4. The number of fused-ring (bicyclic) bond motifs is 1. The van der Waals surface area contributed by atoms with Crippen LogP contribution >= 0.6 is 8.81 Å². The average Bonchev–Trinajstić information content (AvgIpc) is 2.91. The highest BCUT2D eigenvalue weighted by molar-refractivity contribution is 7.34. The van der Waals surface area contributed by atoms with Gasteiger partial charge in [0.15, 0.2) is 0 Å². The van der Waals surface area contributed by atoms with Gasteiger partial charge in [0, 0.05) is 11.0 Å². The first-order valence-corrected chi connectivity index (χ1v) is 7.40. The number of hydrogen-bond donors (Lipinski definition) is 0. The molecule has 2 aromatic carbocycles. The van der Waals surface area contributed by atoms with Gasteiger partial charge in [0.2, 0.25) is 0 Å². The van der Waals surface area contributed by atoms with Crippen molar-refractivity contribution in [3.05, 3.63) is 54.1 Å². The number of rotatable bonds is 3. The van der Waals surface area contributed by atoms with Crippen LogP contribution in [0.15, 0.2) is 48.6 Å². The van der Waals surface area contributed by atoms with Crippen LogP contribution in [-0.4, -0.2) is 5.66 Å². The third-order valence-electron chi connectivity index (χ3n) is 3.40. The first-order chi connectivity index (χ1) is 8.84. The summed E-state index contributed by atoms with van der Waals surface area (Å²) in [6, 6.07) is 12.7. The second-order valence-electron chi connectivity index (χ2n) is 4.76. The van der Waals surface area contributed by atoms with Gasteiger partial charge < -0.3 is 4.52 Å². The molecule has 0 bridgehead atoms. The third-order valence-corrected chi connectivity index (χ3v) is 4.51. The van der Waals surface area contributed by atoms with Crippen molar-refractivity contribution < 1.29 is 4.52 Å². The zero-order valence-corrected chi connectivity index (χ0v) is 11.5. The summed E-state index contributed by atoms with van der Waals surface area (Å²) in [5.74, 6) is 1.06. The van der Waals surface area contributed by atoms with Crippen molar-refractivity contribution in [1.82, 2.24) is 0 Å². The van der Waals surface area contributed by atoms with Gasteiger partial charge in [-0.05, 0) is 30.7 Å². The summed E-state index contributed by atoms with van der Waals surface area (Å²) in [6.45, 7) is 2.12. The van der Waals surface area contributed by atoms with Crippen LogP contribution in [0.3, 0.4) is 0 Å². The van der Waals surface area contributed by atoms with E-state index < -0.39 is 0 Å². The predicted molar refractivity (Wildman–Crippen MR) is 79.8 cm³/mol. The van der Waals surface area contributed by atoms with Crippen molar-refractivity contribution in [2.75, 3.05) is 0 Å². The van der Waals surface area contributed by atoms with E-state index in [9.17, 15) is 0 Å². The lowest BCUT2D eigenvalue weighted by molar-refractivity contribution is 0.623. The molecule has 0 aromatic heterocycles. The maximum absolute atomic E-state index is 6.11. The maximum atomic E-state index is 6.11. The molecule has 1 aliphatic rings. The molecule has 2 atom stereocenters. The molecule has 0 saturated heterocycles. The molecule has 1 aliphatic carbocycles. The Labute approximate surface area is 110 Å². The minimum atomic E-state index is 0.536. The van der Waals surface area contributed by atoms with Crippen molar-refractivity contribution in [1.29, 1.82) is 0 Å². The van der Waals surface area contributed by atoms with E-state index in [0.717, 1.165) is 5.75 Å². The SMILES string of the molecule is Cc1ccc2ccccc2c1OP[C@H]1C=CCC1. The largest absolute Gasteiger partial charge is 0.476 e. The molecule has 0 saturated carbocycles. The van der Waals surface area contributed by atoms with E-state index in [1.165, 1.54) is 29.2 Å². The molecule has 2 heteroatoms. The van der Waals surface area contributed by atoms with Crippen molar-refractivity contribution in [2.24, 2.45) is 0 Å². The van der Waals surface area contributed by atoms with Crippen molar-refractivity contribution in [3.8, 4) is 5.75 Å². The summed E-state index contributed by atoms with van der Waals surface area (Å²) >= 11 is 0. The lowest BCUT2D eigenvalue weighted by Crippen LogP contribution is -1.94. The van der Waals surface area contributed by atoms with E-state index in [4.69, 9.17) is 4.52 Å². The molecule has 0 spiro atoms. The molecule has 0 amide bonds. The highest BCUT2D eigenvalue weighted by Gasteiger charge is 2.12. The van der Waals surface area contributed by atoms with E-state index in [2.05, 4.69) is 55.5 Å². The Morgan fingerprint density at radius 2 is 2.06 bits per heavy atom. The van der Waals surface area contributed by atoms with Gasteiger partial charge in [0.05, 0.1) is 8.81 Å². The van der Waals surface area contributed by atoms with Crippen LogP contribution in [0.5, 0.6) is 5.75 Å². The van der Waals surface area contributed by atoms with Gasteiger partial charge >= 0.3 is 0 Å². The van der Waals surface area contributed by atoms with Crippen molar-refractivity contribution >= 4 is 19.6 Å². The molecule has 0 fully saturated rings. The van der Waals surface area contributed by atoms with Crippen LogP contribution in [0, 0.1) is 6.92 Å². The van der Waals surface area contributed by atoms with Gasteiger partial charge in [0.25, 0.3) is 0 Å². The quantitative estimate of drug-likeness (QED) is 0.564. The normalized spacial score (nSPS) is 19.1. The van der Waals surface area contributed by atoms with Crippen LogP contribution in [0.4, 0.5) is 0 Å². The van der Waals surface area contributed by atoms with Crippen molar-refractivity contribution in [2.45, 2.75) is 25.4 Å². The van der Waals surface area contributed by atoms with Crippen LogP contribution in [0.2, 0.25) is 0 Å². The van der Waals surface area contributed by atoms with Crippen molar-refractivity contribution in [3.63, 3.8) is 0 Å². The summed E-state index contributed by atoms with van der Waals surface area (Å²) in [7, 11) is 0.536. The number of aryl methyl sites for hydroxylation is 1. The maximum Gasteiger partial charge on any atom is 0.133 e. The lowest BCUT2D eigenvalue weighted by Gasteiger charge is -2.14. The predicted octanol–water partition coefficient (Wildman–Crippen LogP) is 4.84. The summed E-state index contributed by atoms with van der Waals surface area (Å²) in [5.41, 5.74) is 1.84. The molecular weight excluding hydrogens is 239 g/mol. The van der Waals surface area contributed by atoms with Crippen LogP contribution in [0.25, 0.3) is 10.8 Å². The Balaban J connectivity index is 1.89. The molecule has 1 unspecified atom stereocenters. The summed E-state index contributed by atoms with van der Waals surface area (Å²) in [4.78, 5) is 0. The van der Waals surface area contributed by atoms with E-state index >= 15 is 0 Å². The Bertz CT molecular complexity index is 589. The monoisotopic (exact) mass is 256 g/mol. The van der Waals surface area contributed by atoms with Gasteiger partial charge in [-0.2, -0.15) is 0 Å². The molecule has 18 heavy (non-hydrogen) atoms. The van der Waals surface area contributed by atoms with Gasteiger partial charge in [0.1, 0.15) is 5.75 Å². The second-order valence-corrected chi connectivity index (χ2v) is 5.95. The highest BCUT2D eigenvalue weighted by atomic mass is 31.1. The third kappa shape index (κ3) is 2.28. The molecule has 3 rings (SSSR count). The van der Waals surface area contributed by atoms with E-state index in [1.54, 1.807) is 0 Å². The topological polar surface area (TPSA) is 9.23 Å². The molecule has 0 N–H and O–H groups in total. The number of hydrogen-bond acceptors (Lipinski definition) is 1. The molecule has 0 heterocycles. The van der Waals surface area contributed by atoms with E-state index in [1.807, 2.05) is 0 Å². The highest BCUT2D eigenvalue weighted by Crippen LogP contribution is 2.37. The fraction of sp³-hybridized carbons (Fsp3) is 0.250. The molecule has 0 aliphatic heterocycles. The Kier molecular flexibility index (Phi) is 3.34. The van der Waals surface area contributed by atoms with Gasteiger partial charge in [-0.1, -0.05) is 48.6 Å². The smallest absolute Gasteiger partial charge is 0.133 e. The number of allylic oxidation sites excluding steroid dienone is 2. The molecule has 1 nitrogen and oxygen atoms in total. The Hall–Kier alpha value is -1.33. The van der Waals surface area contributed by atoms with Crippen LogP contribution < -0.4 is 4.52 Å². The second kappa shape index (κ2) is 5.12. The summed E-state index contributed by atoms with van der Waals surface area (Å²) in [5, 5.41) is 2.48. The first-order valence-electron chi connectivity index (χ1n) is 6.42.